The molecule has 16 heavy (non-hydrogen) atoms. The molecule has 1 aliphatic rings. The molecule has 2 rings (SSSR count). The van der Waals surface area contributed by atoms with Gasteiger partial charge in [0.15, 0.2) is 0 Å². The minimum atomic E-state index is -0.353. The first-order valence-electron chi connectivity index (χ1n) is 5.83. The Morgan fingerprint density at radius 2 is 1.94 bits per heavy atom. The monoisotopic (exact) mass is 241 g/mol. The molecule has 3 heteroatoms. The molecule has 0 unspecified atom stereocenters. The standard InChI is InChI=1S/C13H17ClFN/c14-11-8-10(4-5-12(11)15)13(9-16)6-2-1-3-7-13/h4-5,8H,1-3,6-7,9,16H2. The summed E-state index contributed by atoms with van der Waals surface area (Å²) in [6.07, 6.45) is 5.85. The summed E-state index contributed by atoms with van der Waals surface area (Å²) in [5.41, 5.74) is 7.04. The molecule has 0 aromatic heterocycles. The van der Waals surface area contributed by atoms with Crippen LogP contribution in [0.2, 0.25) is 5.02 Å². The summed E-state index contributed by atoms with van der Waals surface area (Å²) < 4.78 is 13.1. The van der Waals surface area contributed by atoms with Crippen molar-refractivity contribution in [2.24, 2.45) is 5.73 Å². The molecule has 0 bridgehead atoms. The third kappa shape index (κ3) is 2.09. The Morgan fingerprint density at radius 1 is 1.25 bits per heavy atom. The van der Waals surface area contributed by atoms with Gasteiger partial charge in [-0.3, -0.25) is 0 Å². The van der Waals surface area contributed by atoms with Gasteiger partial charge in [0.25, 0.3) is 0 Å². The van der Waals surface area contributed by atoms with E-state index >= 15 is 0 Å². The number of halogens is 2. The van der Waals surface area contributed by atoms with Crippen LogP contribution >= 0.6 is 11.6 Å². The van der Waals surface area contributed by atoms with Crippen molar-refractivity contribution in [3.63, 3.8) is 0 Å². The summed E-state index contributed by atoms with van der Waals surface area (Å²) >= 11 is 5.84. The lowest BCUT2D eigenvalue weighted by Crippen LogP contribution is -2.37. The van der Waals surface area contributed by atoms with Crippen LogP contribution in [-0.2, 0) is 5.41 Å². The van der Waals surface area contributed by atoms with Crippen LogP contribution in [0.15, 0.2) is 18.2 Å². The summed E-state index contributed by atoms with van der Waals surface area (Å²) in [5, 5.41) is 0.205. The molecule has 0 aliphatic heterocycles. The molecule has 1 aliphatic carbocycles. The molecule has 2 N–H and O–H groups in total. The maximum Gasteiger partial charge on any atom is 0.141 e. The highest BCUT2D eigenvalue weighted by Crippen LogP contribution is 2.39. The molecule has 0 spiro atoms. The van der Waals surface area contributed by atoms with Crippen molar-refractivity contribution < 1.29 is 4.39 Å². The summed E-state index contributed by atoms with van der Waals surface area (Å²) in [5.74, 6) is -0.353. The van der Waals surface area contributed by atoms with Gasteiger partial charge in [0.1, 0.15) is 5.82 Å². The van der Waals surface area contributed by atoms with Crippen LogP contribution in [0.25, 0.3) is 0 Å². The molecule has 0 radical (unpaired) electrons. The van der Waals surface area contributed by atoms with Gasteiger partial charge in [0, 0.05) is 12.0 Å². The highest BCUT2D eigenvalue weighted by atomic mass is 35.5. The van der Waals surface area contributed by atoms with Crippen molar-refractivity contribution >= 4 is 11.6 Å². The fourth-order valence-electron chi connectivity index (χ4n) is 2.67. The molecular formula is C13H17ClFN. The lowest BCUT2D eigenvalue weighted by molar-refractivity contribution is 0.300. The van der Waals surface area contributed by atoms with E-state index in [1.165, 1.54) is 25.3 Å². The van der Waals surface area contributed by atoms with Gasteiger partial charge in [-0.25, -0.2) is 4.39 Å². The van der Waals surface area contributed by atoms with Gasteiger partial charge >= 0.3 is 0 Å². The second-order valence-corrected chi connectivity index (χ2v) is 5.08. The summed E-state index contributed by atoms with van der Waals surface area (Å²) in [6, 6.07) is 5.03. The maximum absolute atomic E-state index is 13.1. The third-order valence-electron chi connectivity index (χ3n) is 3.73. The minimum Gasteiger partial charge on any atom is -0.330 e. The van der Waals surface area contributed by atoms with Crippen LogP contribution in [0.5, 0.6) is 0 Å². The largest absolute Gasteiger partial charge is 0.330 e. The molecule has 0 heterocycles. The Kier molecular flexibility index (Phi) is 3.50. The number of hydrogen-bond donors (Lipinski definition) is 1. The lowest BCUT2D eigenvalue weighted by atomic mass is 9.69. The Bertz CT molecular complexity index is 372. The van der Waals surface area contributed by atoms with E-state index in [2.05, 4.69) is 0 Å². The van der Waals surface area contributed by atoms with E-state index in [9.17, 15) is 4.39 Å². The zero-order valence-electron chi connectivity index (χ0n) is 9.31. The number of rotatable bonds is 2. The van der Waals surface area contributed by atoms with Crippen LogP contribution in [0.4, 0.5) is 4.39 Å². The van der Waals surface area contributed by atoms with E-state index in [1.54, 1.807) is 6.07 Å². The smallest absolute Gasteiger partial charge is 0.141 e. The lowest BCUT2D eigenvalue weighted by Gasteiger charge is -2.37. The summed E-state index contributed by atoms with van der Waals surface area (Å²) in [7, 11) is 0. The van der Waals surface area contributed by atoms with E-state index in [0.29, 0.717) is 6.54 Å². The molecule has 1 aromatic carbocycles. The molecule has 88 valence electrons. The second-order valence-electron chi connectivity index (χ2n) is 4.67. The first kappa shape index (κ1) is 11.9. The fourth-order valence-corrected chi connectivity index (χ4v) is 2.85. The van der Waals surface area contributed by atoms with Crippen LogP contribution in [0.3, 0.4) is 0 Å². The minimum absolute atomic E-state index is 0.0234. The van der Waals surface area contributed by atoms with Crippen LogP contribution < -0.4 is 5.73 Å². The number of benzene rings is 1. The molecule has 1 fully saturated rings. The molecule has 0 atom stereocenters. The van der Waals surface area contributed by atoms with Crippen molar-refractivity contribution in [3.05, 3.63) is 34.6 Å². The van der Waals surface area contributed by atoms with Gasteiger partial charge in [-0.1, -0.05) is 36.9 Å². The average molecular weight is 242 g/mol. The Balaban J connectivity index is 2.35. The SMILES string of the molecule is NCC1(c2ccc(F)c(Cl)c2)CCCCC1. The topological polar surface area (TPSA) is 26.0 Å². The van der Waals surface area contributed by atoms with E-state index in [0.717, 1.165) is 18.4 Å². The second kappa shape index (κ2) is 4.72. The number of nitrogens with two attached hydrogens (primary N) is 1. The van der Waals surface area contributed by atoms with E-state index in [-0.39, 0.29) is 16.3 Å². The predicted octanol–water partition coefficient (Wildman–Crippen LogP) is 3.64. The van der Waals surface area contributed by atoms with Gasteiger partial charge in [0.05, 0.1) is 5.02 Å². The zero-order chi connectivity index (χ0) is 11.6. The molecule has 1 nitrogen and oxygen atoms in total. The summed E-state index contributed by atoms with van der Waals surface area (Å²) in [4.78, 5) is 0. The molecular weight excluding hydrogens is 225 g/mol. The molecule has 0 amide bonds. The normalized spacial score (nSPS) is 19.7. The van der Waals surface area contributed by atoms with Gasteiger partial charge in [-0.15, -0.1) is 0 Å². The quantitative estimate of drug-likeness (QED) is 0.841. The average Bonchev–Trinajstić information content (AvgIpc) is 2.33. The molecule has 1 saturated carbocycles. The highest BCUT2D eigenvalue weighted by molar-refractivity contribution is 6.30. The number of hydrogen-bond acceptors (Lipinski definition) is 1. The Morgan fingerprint density at radius 3 is 2.50 bits per heavy atom. The van der Waals surface area contributed by atoms with Crippen molar-refractivity contribution in [2.45, 2.75) is 37.5 Å². The maximum atomic E-state index is 13.1. The zero-order valence-corrected chi connectivity index (χ0v) is 10.1. The van der Waals surface area contributed by atoms with E-state index in [1.807, 2.05) is 6.07 Å². The van der Waals surface area contributed by atoms with Crippen molar-refractivity contribution in [2.75, 3.05) is 6.54 Å². The van der Waals surface area contributed by atoms with E-state index < -0.39 is 0 Å². The van der Waals surface area contributed by atoms with Gasteiger partial charge < -0.3 is 5.73 Å². The van der Waals surface area contributed by atoms with E-state index in [4.69, 9.17) is 17.3 Å². The van der Waals surface area contributed by atoms with Crippen LogP contribution in [-0.4, -0.2) is 6.54 Å². The third-order valence-corrected chi connectivity index (χ3v) is 4.02. The highest BCUT2D eigenvalue weighted by Gasteiger charge is 2.32. The van der Waals surface area contributed by atoms with Crippen molar-refractivity contribution in [1.82, 2.24) is 0 Å². The Labute approximate surface area is 101 Å². The van der Waals surface area contributed by atoms with Gasteiger partial charge in [-0.2, -0.15) is 0 Å². The molecule has 1 aromatic rings. The van der Waals surface area contributed by atoms with Gasteiger partial charge in [0.2, 0.25) is 0 Å². The Hall–Kier alpha value is -0.600. The first-order chi connectivity index (χ1) is 7.68. The summed E-state index contributed by atoms with van der Waals surface area (Å²) in [6.45, 7) is 0.620. The van der Waals surface area contributed by atoms with Crippen molar-refractivity contribution in [1.29, 1.82) is 0 Å². The van der Waals surface area contributed by atoms with Gasteiger partial charge in [-0.05, 0) is 30.5 Å². The van der Waals surface area contributed by atoms with Crippen molar-refractivity contribution in [3.8, 4) is 0 Å². The molecule has 0 saturated heterocycles. The fraction of sp³-hybridized carbons (Fsp3) is 0.538. The predicted molar refractivity (Wildman–Crippen MR) is 65.2 cm³/mol. The van der Waals surface area contributed by atoms with Crippen LogP contribution in [0.1, 0.15) is 37.7 Å². The first-order valence-corrected chi connectivity index (χ1v) is 6.21. The van der Waals surface area contributed by atoms with Crippen LogP contribution in [0, 0.1) is 5.82 Å².